The van der Waals surface area contributed by atoms with Crippen molar-refractivity contribution in [3.63, 3.8) is 0 Å². The third kappa shape index (κ3) is 1.54. The van der Waals surface area contributed by atoms with Gasteiger partial charge in [0.05, 0.1) is 0 Å². The van der Waals surface area contributed by atoms with Crippen molar-refractivity contribution >= 4 is 0 Å². The van der Waals surface area contributed by atoms with E-state index in [1.165, 1.54) is 17.4 Å². The molecule has 0 unspecified atom stereocenters. The SMILES string of the molecule is Cn1ccc(-c2n[nH]c(C3CC3)n2)cc1=O. The van der Waals surface area contributed by atoms with Crippen molar-refractivity contribution < 1.29 is 0 Å². The molecule has 0 aliphatic heterocycles. The van der Waals surface area contributed by atoms with Gasteiger partial charge in [-0.1, -0.05) is 0 Å². The van der Waals surface area contributed by atoms with Gasteiger partial charge in [0.25, 0.3) is 5.56 Å². The first-order valence-corrected chi connectivity index (χ1v) is 5.33. The number of rotatable bonds is 2. The van der Waals surface area contributed by atoms with Crippen LogP contribution in [0.1, 0.15) is 24.6 Å². The lowest BCUT2D eigenvalue weighted by Crippen LogP contribution is -2.14. The van der Waals surface area contributed by atoms with E-state index in [1.54, 1.807) is 19.3 Å². The van der Waals surface area contributed by atoms with Crippen molar-refractivity contribution in [3.05, 3.63) is 34.5 Å². The van der Waals surface area contributed by atoms with Crippen LogP contribution in [0.25, 0.3) is 11.4 Å². The highest BCUT2D eigenvalue weighted by atomic mass is 16.1. The summed E-state index contributed by atoms with van der Waals surface area (Å²) in [6.45, 7) is 0. The maximum atomic E-state index is 11.5. The molecule has 1 saturated carbocycles. The lowest BCUT2D eigenvalue weighted by molar-refractivity contribution is 0.860. The van der Waals surface area contributed by atoms with Gasteiger partial charge in [-0.25, -0.2) is 4.98 Å². The Kier molecular flexibility index (Phi) is 1.92. The first-order valence-electron chi connectivity index (χ1n) is 5.33. The molecule has 1 fully saturated rings. The van der Waals surface area contributed by atoms with Crippen molar-refractivity contribution in [1.82, 2.24) is 19.7 Å². The number of hydrogen-bond acceptors (Lipinski definition) is 3. The van der Waals surface area contributed by atoms with Crippen molar-refractivity contribution in [2.75, 3.05) is 0 Å². The number of aromatic nitrogens is 4. The topological polar surface area (TPSA) is 63.6 Å². The standard InChI is InChI=1S/C11H12N4O/c1-15-5-4-8(6-9(15)16)11-12-10(13-14-11)7-2-3-7/h4-7H,2-3H2,1H3,(H,12,13,14). The fourth-order valence-electron chi connectivity index (χ4n) is 1.63. The minimum absolute atomic E-state index is 0.0460. The van der Waals surface area contributed by atoms with Crippen LogP contribution < -0.4 is 5.56 Å². The number of aryl methyl sites for hydroxylation is 1. The molecule has 2 aromatic heterocycles. The van der Waals surface area contributed by atoms with E-state index >= 15 is 0 Å². The number of pyridine rings is 1. The Morgan fingerprint density at radius 3 is 3.00 bits per heavy atom. The van der Waals surface area contributed by atoms with Gasteiger partial charge in [-0.2, -0.15) is 5.10 Å². The third-order valence-corrected chi connectivity index (χ3v) is 2.83. The van der Waals surface area contributed by atoms with Gasteiger partial charge in [-0.15, -0.1) is 0 Å². The first kappa shape index (κ1) is 9.33. The normalized spacial score (nSPS) is 15.3. The number of hydrogen-bond donors (Lipinski definition) is 1. The first-order chi connectivity index (χ1) is 7.74. The molecule has 0 atom stereocenters. The summed E-state index contributed by atoms with van der Waals surface area (Å²) >= 11 is 0. The van der Waals surface area contributed by atoms with Crippen molar-refractivity contribution in [2.45, 2.75) is 18.8 Å². The maximum Gasteiger partial charge on any atom is 0.250 e. The lowest BCUT2D eigenvalue weighted by Gasteiger charge is -1.97. The van der Waals surface area contributed by atoms with Crippen LogP contribution in [0, 0.1) is 0 Å². The Bertz CT molecular complexity index is 580. The molecule has 0 saturated heterocycles. The number of aromatic amines is 1. The molecule has 3 rings (SSSR count). The Morgan fingerprint density at radius 2 is 2.31 bits per heavy atom. The smallest absolute Gasteiger partial charge is 0.250 e. The fourth-order valence-corrected chi connectivity index (χ4v) is 1.63. The second-order valence-electron chi connectivity index (χ2n) is 4.18. The van der Waals surface area contributed by atoms with Crippen LogP contribution in [0.15, 0.2) is 23.1 Å². The van der Waals surface area contributed by atoms with Gasteiger partial charge in [0, 0.05) is 30.8 Å². The number of nitrogens with one attached hydrogen (secondary N) is 1. The average Bonchev–Trinajstić information content (AvgIpc) is 3.01. The van der Waals surface area contributed by atoms with Crippen LogP contribution in [0.4, 0.5) is 0 Å². The van der Waals surface area contributed by atoms with E-state index in [-0.39, 0.29) is 5.56 Å². The number of nitrogens with zero attached hydrogens (tertiary/aromatic N) is 3. The summed E-state index contributed by atoms with van der Waals surface area (Å²) < 4.78 is 1.53. The Labute approximate surface area is 92.2 Å². The summed E-state index contributed by atoms with van der Waals surface area (Å²) in [5.74, 6) is 2.10. The molecular formula is C11H12N4O. The van der Waals surface area contributed by atoms with Gasteiger partial charge in [0.2, 0.25) is 0 Å². The van der Waals surface area contributed by atoms with E-state index in [2.05, 4.69) is 15.2 Å². The van der Waals surface area contributed by atoms with E-state index in [0.717, 1.165) is 11.4 Å². The molecule has 0 aromatic carbocycles. The van der Waals surface area contributed by atoms with Gasteiger partial charge in [0.15, 0.2) is 5.82 Å². The van der Waals surface area contributed by atoms with Crippen LogP contribution in [0.3, 0.4) is 0 Å². The molecule has 16 heavy (non-hydrogen) atoms. The van der Waals surface area contributed by atoms with E-state index in [1.807, 2.05) is 6.07 Å². The zero-order valence-electron chi connectivity index (χ0n) is 8.97. The van der Waals surface area contributed by atoms with Crippen molar-refractivity contribution in [2.24, 2.45) is 7.05 Å². The van der Waals surface area contributed by atoms with Crippen LogP contribution in [-0.4, -0.2) is 19.7 Å². The molecule has 1 N–H and O–H groups in total. The molecule has 82 valence electrons. The highest BCUT2D eigenvalue weighted by molar-refractivity contribution is 5.53. The molecule has 0 radical (unpaired) electrons. The molecule has 1 aliphatic rings. The van der Waals surface area contributed by atoms with Crippen LogP contribution in [0.5, 0.6) is 0 Å². The van der Waals surface area contributed by atoms with Gasteiger partial charge in [-0.3, -0.25) is 9.89 Å². The Morgan fingerprint density at radius 1 is 1.50 bits per heavy atom. The van der Waals surface area contributed by atoms with E-state index in [0.29, 0.717) is 11.7 Å². The minimum Gasteiger partial charge on any atom is -0.319 e. The molecule has 1 aliphatic carbocycles. The van der Waals surface area contributed by atoms with Gasteiger partial charge >= 0.3 is 0 Å². The highest BCUT2D eigenvalue weighted by Crippen LogP contribution is 2.38. The summed E-state index contributed by atoms with van der Waals surface area (Å²) in [6, 6.07) is 3.40. The minimum atomic E-state index is -0.0460. The van der Waals surface area contributed by atoms with Crippen molar-refractivity contribution in [1.29, 1.82) is 0 Å². The summed E-state index contributed by atoms with van der Waals surface area (Å²) in [7, 11) is 1.72. The molecule has 5 heteroatoms. The van der Waals surface area contributed by atoms with Crippen molar-refractivity contribution in [3.8, 4) is 11.4 Å². The third-order valence-electron chi connectivity index (χ3n) is 2.83. The zero-order chi connectivity index (χ0) is 11.1. The maximum absolute atomic E-state index is 11.5. The summed E-state index contributed by atoms with van der Waals surface area (Å²) in [5, 5.41) is 7.06. The molecule has 5 nitrogen and oxygen atoms in total. The largest absolute Gasteiger partial charge is 0.319 e. The Hall–Kier alpha value is -1.91. The predicted octanol–water partition coefficient (Wildman–Crippen LogP) is 1.05. The summed E-state index contributed by atoms with van der Waals surface area (Å²) in [6.07, 6.45) is 4.10. The average molecular weight is 216 g/mol. The summed E-state index contributed by atoms with van der Waals surface area (Å²) in [5.41, 5.74) is 0.724. The number of H-pyrrole nitrogens is 1. The van der Waals surface area contributed by atoms with Gasteiger partial charge < -0.3 is 4.57 Å². The van der Waals surface area contributed by atoms with Crippen LogP contribution in [0.2, 0.25) is 0 Å². The molecule has 2 aromatic rings. The highest BCUT2D eigenvalue weighted by Gasteiger charge is 2.27. The van der Waals surface area contributed by atoms with Gasteiger partial charge in [-0.05, 0) is 18.9 Å². The second-order valence-corrected chi connectivity index (χ2v) is 4.18. The molecular weight excluding hydrogens is 204 g/mol. The lowest BCUT2D eigenvalue weighted by atomic mass is 10.2. The van der Waals surface area contributed by atoms with E-state index < -0.39 is 0 Å². The van der Waals surface area contributed by atoms with Gasteiger partial charge in [0.1, 0.15) is 5.82 Å². The Balaban J connectivity index is 2.00. The quantitative estimate of drug-likeness (QED) is 0.816. The zero-order valence-corrected chi connectivity index (χ0v) is 8.97. The molecule has 2 heterocycles. The summed E-state index contributed by atoms with van der Waals surface area (Å²) in [4.78, 5) is 15.9. The van der Waals surface area contributed by atoms with Crippen LogP contribution in [-0.2, 0) is 7.05 Å². The molecule has 0 amide bonds. The fraction of sp³-hybridized carbons (Fsp3) is 0.364. The van der Waals surface area contributed by atoms with E-state index in [9.17, 15) is 4.79 Å². The van der Waals surface area contributed by atoms with E-state index in [4.69, 9.17) is 0 Å². The van der Waals surface area contributed by atoms with Crippen LogP contribution >= 0.6 is 0 Å². The molecule has 0 spiro atoms. The second kappa shape index (κ2) is 3.30. The monoisotopic (exact) mass is 216 g/mol. The molecule has 0 bridgehead atoms. The predicted molar refractivity (Wildman–Crippen MR) is 59.0 cm³/mol.